The van der Waals surface area contributed by atoms with Crippen molar-refractivity contribution in [3.05, 3.63) is 0 Å². The van der Waals surface area contributed by atoms with Gasteiger partial charge in [0.15, 0.2) is 0 Å². The molecule has 0 bridgehead atoms. The zero-order valence-corrected chi connectivity index (χ0v) is 15.6. The van der Waals surface area contributed by atoms with Gasteiger partial charge in [-0.05, 0) is 27.2 Å². The monoisotopic (exact) mass is 384 g/mol. The van der Waals surface area contributed by atoms with E-state index in [1.807, 2.05) is 0 Å². The molecule has 3 N–H and O–H groups in total. The van der Waals surface area contributed by atoms with E-state index in [9.17, 15) is 18.9 Å². The highest BCUT2D eigenvalue weighted by Gasteiger charge is 2.27. The lowest BCUT2D eigenvalue weighted by molar-refractivity contribution is 0.109. The largest absolute Gasteiger partial charge is 0.473 e. The molecule has 8 nitrogen and oxygen atoms in total. The highest BCUT2D eigenvalue weighted by Crippen LogP contribution is 2.48. The van der Waals surface area contributed by atoms with Crippen molar-refractivity contribution in [1.29, 1.82) is 0 Å². The molecule has 0 fully saturated rings. The van der Waals surface area contributed by atoms with Crippen molar-refractivity contribution in [3.63, 3.8) is 0 Å². The van der Waals surface area contributed by atoms with Gasteiger partial charge in [0.2, 0.25) is 0 Å². The van der Waals surface area contributed by atoms with Gasteiger partial charge in [-0.3, -0.25) is 13.6 Å². The van der Waals surface area contributed by atoms with E-state index in [0.717, 1.165) is 21.6 Å². The summed E-state index contributed by atoms with van der Waals surface area (Å²) in [4.78, 5) is 18.9. The van der Waals surface area contributed by atoms with Crippen LogP contribution < -0.4 is 0 Å². The summed E-state index contributed by atoms with van der Waals surface area (Å²) in [5, 5.41) is 8.49. The fraction of sp³-hybridized carbons (Fsp3) is 1.00. The summed E-state index contributed by atoms with van der Waals surface area (Å²) in [6.45, 7) is 4.77. The van der Waals surface area contributed by atoms with Gasteiger partial charge in [0.25, 0.3) is 0 Å². The molecule has 0 heterocycles. The molecule has 0 radical (unpaired) electrons. The van der Waals surface area contributed by atoms with E-state index in [1.165, 1.54) is 0 Å². The molecule has 2 unspecified atom stereocenters. The SMILES string of the molecule is CC(C)(C)OP(=O)(O)CCCOP(=O)(O)OCSSCO. The topological polar surface area (TPSA) is 123 Å². The molecule has 0 aliphatic rings. The molecule has 0 saturated heterocycles. The number of aliphatic hydroxyl groups excluding tert-OH is 1. The van der Waals surface area contributed by atoms with Crippen LogP contribution in [0.25, 0.3) is 0 Å². The molecule has 0 rings (SSSR count). The van der Waals surface area contributed by atoms with Crippen molar-refractivity contribution in [3.8, 4) is 0 Å². The van der Waals surface area contributed by atoms with Crippen LogP contribution in [0.1, 0.15) is 27.2 Å². The minimum Gasteiger partial charge on any atom is -0.385 e. The third-order valence-electron chi connectivity index (χ3n) is 1.66. The highest BCUT2D eigenvalue weighted by molar-refractivity contribution is 8.76. The van der Waals surface area contributed by atoms with Gasteiger partial charge >= 0.3 is 15.4 Å². The summed E-state index contributed by atoms with van der Waals surface area (Å²) in [6.07, 6.45) is -0.102. The van der Waals surface area contributed by atoms with E-state index in [2.05, 4.69) is 9.05 Å². The van der Waals surface area contributed by atoms with Gasteiger partial charge in [0.1, 0.15) is 5.94 Å². The van der Waals surface area contributed by atoms with Crippen molar-refractivity contribution in [2.24, 2.45) is 0 Å². The smallest absolute Gasteiger partial charge is 0.385 e. The molecule has 0 aliphatic carbocycles. The van der Waals surface area contributed by atoms with Crippen molar-refractivity contribution < 1.29 is 37.6 Å². The Hall–Kier alpha value is 0.920. The van der Waals surface area contributed by atoms with Crippen molar-refractivity contribution >= 4 is 37.0 Å². The van der Waals surface area contributed by atoms with Gasteiger partial charge < -0.3 is 19.4 Å². The van der Waals surface area contributed by atoms with Gasteiger partial charge in [0, 0.05) is 0 Å². The van der Waals surface area contributed by atoms with Crippen LogP contribution in [0.15, 0.2) is 0 Å². The third-order valence-corrected chi connectivity index (χ3v) is 6.10. The lowest BCUT2D eigenvalue weighted by Crippen LogP contribution is -2.18. The maximum atomic E-state index is 11.7. The Balaban J connectivity index is 3.92. The molecule has 0 amide bonds. The molecular weight excluding hydrogens is 362 g/mol. The van der Waals surface area contributed by atoms with Crippen LogP contribution in [0.5, 0.6) is 0 Å². The first-order valence-corrected chi connectivity index (χ1v) is 11.7. The first-order chi connectivity index (χ1) is 9.47. The minimum absolute atomic E-state index is 0.0797. The molecule has 2 atom stereocenters. The second-order valence-electron chi connectivity index (χ2n) is 4.83. The Morgan fingerprint density at radius 2 is 1.71 bits per heavy atom. The molecule has 0 saturated carbocycles. The quantitative estimate of drug-likeness (QED) is 0.212. The van der Waals surface area contributed by atoms with E-state index >= 15 is 0 Å². The van der Waals surface area contributed by atoms with Gasteiger partial charge in [-0.1, -0.05) is 21.6 Å². The van der Waals surface area contributed by atoms with Crippen LogP contribution in [0, 0.1) is 0 Å². The van der Waals surface area contributed by atoms with Gasteiger partial charge in [0.05, 0.1) is 24.3 Å². The predicted molar refractivity (Wildman–Crippen MR) is 84.1 cm³/mol. The van der Waals surface area contributed by atoms with Crippen LogP contribution in [-0.2, 0) is 22.7 Å². The average Bonchev–Trinajstić information content (AvgIpc) is 2.27. The molecule has 128 valence electrons. The van der Waals surface area contributed by atoms with E-state index < -0.39 is 21.0 Å². The van der Waals surface area contributed by atoms with Crippen LogP contribution in [-0.4, -0.2) is 45.1 Å². The lowest BCUT2D eigenvalue weighted by atomic mass is 10.2. The zero-order chi connectivity index (χ0) is 16.6. The zero-order valence-electron chi connectivity index (χ0n) is 12.1. The maximum absolute atomic E-state index is 11.7. The van der Waals surface area contributed by atoms with E-state index in [1.54, 1.807) is 20.8 Å². The van der Waals surface area contributed by atoms with Crippen molar-refractivity contribution in [2.45, 2.75) is 32.8 Å². The first-order valence-electron chi connectivity index (χ1n) is 5.97. The standard InChI is InChI=1S/C9H22O8P2S2/c1-9(2,3)17-18(11,12)6-4-5-15-19(13,14)16-8-21-20-7-10/h10H,4-8H2,1-3H3,(H,11,12)(H,13,14). The summed E-state index contributed by atoms with van der Waals surface area (Å²) >= 11 is 0. The van der Waals surface area contributed by atoms with Gasteiger partial charge in [-0.25, -0.2) is 4.57 Å². The third kappa shape index (κ3) is 14.3. The minimum atomic E-state index is -4.18. The maximum Gasteiger partial charge on any atom is 0.473 e. The summed E-state index contributed by atoms with van der Waals surface area (Å²) < 4.78 is 37.3. The lowest BCUT2D eigenvalue weighted by Gasteiger charge is -2.23. The number of phosphoric ester groups is 1. The normalized spacial score (nSPS) is 18.2. The number of phosphoric acid groups is 1. The Kier molecular flexibility index (Phi) is 10.4. The Morgan fingerprint density at radius 3 is 2.24 bits per heavy atom. The average molecular weight is 384 g/mol. The fourth-order valence-corrected chi connectivity index (χ4v) is 4.69. The number of rotatable bonds is 11. The molecule has 0 spiro atoms. The van der Waals surface area contributed by atoms with Crippen LogP contribution in [0.3, 0.4) is 0 Å². The molecule has 0 aromatic carbocycles. The molecule has 0 aromatic heterocycles. The second kappa shape index (κ2) is 9.93. The van der Waals surface area contributed by atoms with Crippen LogP contribution >= 0.6 is 37.0 Å². The Morgan fingerprint density at radius 1 is 1.10 bits per heavy atom. The predicted octanol–water partition coefficient (Wildman–Crippen LogP) is 2.80. The first kappa shape index (κ1) is 21.9. The molecule has 21 heavy (non-hydrogen) atoms. The second-order valence-corrected chi connectivity index (χ2v) is 10.6. The summed E-state index contributed by atoms with van der Waals surface area (Å²) in [5.74, 6) is -0.255. The molecule has 0 aliphatic heterocycles. The number of hydrogen-bond donors (Lipinski definition) is 3. The van der Waals surface area contributed by atoms with Crippen LogP contribution in [0.4, 0.5) is 0 Å². The number of hydrogen-bond acceptors (Lipinski definition) is 8. The molecule has 0 aromatic rings. The fourth-order valence-electron chi connectivity index (χ4n) is 1.11. The van der Waals surface area contributed by atoms with Crippen molar-refractivity contribution in [2.75, 3.05) is 24.6 Å². The Bertz CT molecular complexity index is 386. The van der Waals surface area contributed by atoms with Gasteiger partial charge in [-0.2, -0.15) is 0 Å². The summed E-state index contributed by atoms with van der Waals surface area (Å²) in [6, 6.07) is 0. The van der Waals surface area contributed by atoms with Crippen LogP contribution in [0.2, 0.25) is 0 Å². The molecular formula is C9H22O8P2S2. The highest BCUT2D eigenvalue weighted by atomic mass is 33.1. The van der Waals surface area contributed by atoms with Gasteiger partial charge in [-0.15, -0.1) is 0 Å². The van der Waals surface area contributed by atoms with Crippen molar-refractivity contribution in [1.82, 2.24) is 0 Å². The van der Waals surface area contributed by atoms with E-state index in [0.29, 0.717) is 0 Å². The van der Waals surface area contributed by atoms with E-state index in [-0.39, 0.29) is 31.1 Å². The number of aliphatic hydroxyl groups is 1. The summed E-state index contributed by atoms with van der Waals surface area (Å²) in [7, 11) is -5.82. The molecule has 12 heteroatoms. The van der Waals surface area contributed by atoms with E-state index in [4.69, 9.17) is 9.63 Å². The Labute approximate surface area is 132 Å². The summed E-state index contributed by atoms with van der Waals surface area (Å²) in [5.41, 5.74) is -0.748.